The van der Waals surface area contributed by atoms with Crippen LogP contribution < -0.4 is 11.3 Å². The van der Waals surface area contributed by atoms with Gasteiger partial charge in [-0.3, -0.25) is 5.84 Å². The van der Waals surface area contributed by atoms with Crippen LogP contribution in [0.1, 0.15) is 39.5 Å². The molecule has 15 heavy (non-hydrogen) atoms. The van der Waals surface area contributed by atoms with Crippen molar-refractivity contribution in [1.82, 2.24) is 5.43 Å². The first kappa shape index (κ1) is 12.5. The zero-order chi connectivity index (χ0) is 11.5. The van der Waals surface area contributed by atoms with E-state index < -0.39 is 5.60 Å². The number of aliphatic hydroxyl groups is 2. The lowest BCUT2D eigenvalue weighted by Gasteiger charge is -2.37. The molecule has 1 aliphatic carbocycles. The van der Waals surface area contributed by atoms with Gasteiger partial charge in [0.25, 0.3) is 0 Å². The normalized spacial score (nSPS) is 35.0. The molecule has 0 aromatic rings. The fourth-order valence-electron chi connectivity index (χ4n) is 2.25. The summed E-state index contributed by atoms with van der Waals surface area (Å²) in [5.41, 5.74) is 2.58. The quantitative estimate of drug-likeness (QED) is 0.411. The highest BCUT2D eigenvalue weighted by Gasteiger charge is 2.35. The van der Waals surface area contributed by atoms with Gasteiger partial charge in [0.15, 0.2) is 0 Å². The number of hydrogen-bond acceptors (Lipinski definition) is 4. The second kappa shape index (κ2) is 4.96. The molecule has 1 fully saturated rings. The average molecular weight is 214 g/mol. The third kappa shape index (κ3) is 2.93. The number of nitrogens with one attached hydrogen (secondary N) is 1. The molecule has 88 valence electrons. The van der Waals surface area contributed by atoms with E-state index in [1.54, 1.807) is 6.20 Å². The largest absolute Gasteiger partial charge is 0.393 e. The Morgan fingerprint density at radius 2 is 2.07 bits per heavy atom. The van der Waals surface area contributed by atoms with Crippen LogP contribution in [0, 0.1) is 5.92 Å². The van der Waals surface area contributed by atoms with Crippen LogP contribution in [-0.4, -0.2) is 21.9 Å². The van der Waals surface area contributed by atoms with Crippen molar-refractivity contribution in [2.45, 2.75) is 51.2 Å². The molecule has 4 nitrogen and oxygen atoms in total. The Hall–Kier alpha value is -0.580. The highest BCUT2D eigenvalue weighted by molar-refractivity contribution is 5.14. The Bertz CT molecular complexity index is 231. The van der Waals surface area contributed by atoms with Crippen molar-refractivity contribution in [3.8, 4) is 0 Å². The minimum atomic E-state index is -0.738. The van der Waals surface area contributed by atoms with Gasteiger partial charge in [-0.25, -0.2) is 0 Å². The molecule has 1 aliphatic rings. The van der Waals surface area contributed by atoms with Gasteiger partial charge >= 0.3 is 0 Å². The van der Waals surface area contributed by atoms with Gasteiger partial charge in [-0.2, -0.15) is 0 Å². The van der Waals surface area contributed by atoms with E-state index in [0.717, 1.165) is 18.4 Å². The zero-order valence-corrected chi connectivity index (χ0v) is 9.53. The van der Waals surface area contributed by atoms with E-state index in [9.17, 15) is 10.2 Å². The number of aliphatic hydroxyl groups excluding tert-OH is 1. The van der Waals surface area contributed by atoms with Gasteiger partial charge in [0, 0.05) is 6.20 Å². The predicted octanol–water partition coefficient (Wildman–Crippen LogP) is 0.656. The van der Waals surface area contributed by atoms with Crippen LogP contribution in [0.5, 0.6) is 0 Å². The first-order valence-electron chi connectivity index (χ1n) is 5.53. The molecule has 1 saturated carbocycles. The lowest BCUT2D eigenvalue weighted by atomic mass is 9.74. The Kier molecular flexibility index (Phi) is 4.13. The van der Waals surface area contributed by atoms with E-state index in [-0.39, 0.29) is 6.10 Å². The molecule has 0 saturated heterocycles. The lowest BCUT2D eigenvalue weighted by Crippen LogP contribution is -2.38. The zero-order valence-electron chi connectivity index (χ0n) is 9.53. The smallest absolute Gasteiger partial charge is 0.0871 e. The second-order valence-electron chi connectivity index (χ2n) is 4.60. The van der Waals surface area contributed by atoms with E-state index in [1.165, 1.54) is 0 Å². The predicted molar refractivity (Wildman–Crippen MR) is 59.7 cm³/mol. The highest BCUT2D eigenvalue weighted by Crippen LogP contribution is 2.37. The van der Waals surface area contributed by atoms with Crippen LogP contribution in [0.3, 0.4) is 0 Å². The summed E-state index contributed by atoms with van der Waals surface area (Å²) >= 11 is 0. The second-order valence-corrected chi connectivity index (χ2v) is 4.60. The van der Waals surface area contributed by atoms with Crippen molar-refractivity contribution in [2.24, 2.45) is 11.8 Å². The Morgan fingerprint density at radius 3 is 2.47 bits per heavy atom. The minimum absolute atomic E-state index is 0.272. The van der Waals surface area contributed by atoms with Gasteiger partial charge in [0.2, 0.25) is 0 Å². The maximum atomic E-state index is 10.3. The molecule has 0 aliphatic heterocycles. The van der Waals surface area contributed by atoms with Crippen molar-refractivity contribution in [2.75, 3.05) is 0 Å². The molecule has 1 rings (SSSR count). The summed E-state index contributed by atoms with van der Waals surface area (Å²) in [4.78, 5) is 0. The van der Waals surface area contributed by atoms with Gasteiger partial charge in [-0.1, -0.05) is 0 Å². The van der Waals surface area contributed by atoms with Crippen LogP contribution in [0.4, 0.5) is 0 Å². The van der Waals surface area contributed by atoms with Crippen LogP contribution >= 0.6 is 0 Å². The SMILES string of the molecule is C/C(=C\NN)C1(O)CCC(C(C)O)CC1. The van der Waals surface area contributed by atoms with Crippen LogP contribution in [0.2, 0.25) is 0 Å². The van der Waals surface area contributed by atoms with E-state index in [1.807, 2.05) is 13.8 Å². The van der Waals surface area contributed by atoms with E-state index in [2.05, 4.69) is 5.43 Å². The van der Waals surface area contributed by atoms with Gasteiger partial charge in [0.05, 0.1) is 11.7 Å². The molecule has 0 amide bonds. The maximum Gasteiger partial charge on any atom is 0.0871 e. The summed E-state index contributed by atoms with van der Waals surface area (Å²) in [6, 6.07) is 0. The maximum absolute atomic E-state index is 10.3. The lowest BCUT2D eigenvalue weighted by molar-refractivity contribution is -0.00236. The Morgan fingerprint density at radius 1 is 1.53 bits per heavy atom. The molecule has 0 radical (unpaired) electrons. The molecule has 0 aromatic heterocycles. The van der Waals surface area contributed by atoms with Crippen molar-refractivity contribution >= 4 is 0 Å². The monoisotopic (exact) mass is 214 g/mol. The minimum Gasteiger partial charge on any atom is -0.393 e. The molecule has 0 bridgehead atoms. The van der Waals surface area contributed by atoms with Crippen LogP contribution in [0.25, 0.3) is 0 Å². The molecule has 4 heteroatoms. The van der Waals surface area contributed by atoms with Crippen LogP contribution in [0.15, 0.2) is 11.8 Å². The van der Waals surface area contributed by atoms with Crippen molar-refractivity contribution in [1.29, 1.82) is 0 Å². The van der Waals surface area contributed by atoms with Gasteiger partial charge in [0.1, 0.15) is 0 Å². The standard InChI is InChI=1S/C11H22N2O2/c1-8(7-13-12)11(15)5-3-10(4-6-11)9(2)14/h7,9-10,13-15H,3-6,12H2,1-2H3/b8-7+. The number of hydrogen-bond donors (Lipinski definition) is 4. The molecule has 1 atom stereocenters. The topological polar surface area (TPSA) is 78.5 Å². The molecule has 1 unspecified atom stereocenters. The first-order chi connectivity index (χ1) is 6.99. The molecule has 0 aromatic carbocycles. The number of hydrazine groups is 1. The molecule has 5 N–H and O–H groups in total. The van der Waals surface area contributed by atoms with E-state index in [0.29, 0.717) is 18.8 Å². The Balaban J connectivity index is 2.58. The van der Waals surface area contributed by atoms with Crippen molar-refractivity contribution in [3.63, 3.8) is 0 Å². The fourth-order valence-corrected chi connectivity index (χ4v) is 2.25. The summed E-state index contributed by atoms with van der Waals surface area (Å²) in [7, 11) is 0. The Labute approximate surface area is 91.1 Å². The van der Waals surface area contributed by atoms with Gasteiger partial charge < -0.3 is 15.6 Å². The van der Waals surface area contributed by atoms with Crippen LogP contribution in [-0.2, 0) is 0 Å². The average Bonchev–Trinajstić information content (AvgIpc) is 2.18. The number of nitrogens with two attached hydrogens (primary N) is 1. The summed E-state index contributed by atoms with van der Waals surface area (Å²) in [5.74, 6) is 5.52. The highest BCUT2D eigenvalue weighted by atomic mass is 16.3. The molecular weight excluding hydrogens is 192 g/mol. The van der Waals surface area contributed by atoms with Crippen molar-refractivity contribution in [3.05, 3.63) is 11.8 Å². The van der Waals surface area contributed by atoms with Gasteiger partial charge in [-0.15, -0.1) is 0 Å². The third-order valence-corrected chi connectivity index (χ3v) is 3.57. The van der Waals surface area contributed by atoms with E-state index in [4.69, 9.17) is 5.84 Å². The summed E-state index contributed by atoms with van der Waals surface area (Å²) < 4.78 is 0. The summed E-state index contributed by atoms with van der Waals surface area (Å²) in [6.45, 7) is 3.70. The third-order valence-electron chi connectivity index (χ3n) is 3.57. The molecule has 0 heterocycles. The molecular formula is C11H22N2O2. The number of rotatable bonds is 3. The van der Waals surface area contributed by atoms with Gasteiger partial charge in [-0.05, 0) is 51.0 Å². The summed E-state index contributed by atoms with van der Waals surface area (Å²) in [5, 5.41) is 19.8. The summed E-state index contributed by atoms with van der Waals surface area (Å²) in [6.07, 6.45) is 4.50. The first-order valence-corrected chi connectivity index (χ1v) is 5.53. The van der Waals surface area contributed by atoms with E-state index >= 15 is 0 Å². The molecule has 0 spiro atoms. The fraction of sp³-hybridized carbons (Fsp3) is 0.818. The van der Waals surface area contributed by atoms with Crippen molar-refractivity contribution < 1.29 is 10.2 Å².